The summed E-state index contributed by atoms with van der Waals surface area (Å²) in [6, 6.07) is 1.72. The van der Waals surface area contributed by atoms with Crippen LogP contribution in [0.2, 0.25) is 5.15 Å². The molecule has 1 aromatic heterocycles. The number of nitrogens with zero attached hydrogens (tertiary/aromatic N) is 2. The van der Waals surface area contributed by atoms with Gasteiger partial charge in [0.2, 0.25) is 5.88 Å². The lowest BCUT2D eigenvalue weighted by Crippen LogP contribution is -2.19. The van der Waals surface area contributed by atoms with Crippen molar-refractivity contribution in [2.24, 2.45) is 0 Å². The fourth-order valence-electron chi connectivity index (χ4n) is 0.890. The third kappa shape index (κ3) is 4.01. The highest BCUT2D eigenvalue weighted by Crippen LogP contribution is 2.19. The maximum atomic E-state index is 5.87. The van der Waals surface area contributed by atoms with Gasteiger partial charge in [-0.05, 0) is 20.8 Å². The summed E-state index contributed by atoms with van der Waals surface area (Å²) >= 11 is 5.87. The molecule has 0 aromatic carbocycles. The maximum Gasteiger partial charge on any atom is 0.233 e. The van der Waals surface area contributed by atoms with Crippen molar-refractivity contribution in [3.8, 4) is 5.88 Å². The minimum absolute atomic E-state index is 0.208. The molecule has 1 rings (SSSR count). The Balaban J connectivity index is 2.75. The Bertz CT molecular complexity index is 337. The Morgan fingerprint density at radius 2 is 2.00 bits per heavy atom. The molecule has 0 aliphatic heterocycles. The lowest BCUT2D eigenvalue weighted by Gasteiger charge is -2.19. The van der Waals surface area contributed by atoms with Crippen LogP contribution in [-0.4, -0.2) is 22.9 Å². The first-order valence-electron chi connectivity index (χ1n) is 4.62. The Kier molecular flexibility index (Phi) is 3.88. The number of methoxy groups -OCH3 is 1. The molecule has 0 atom stereocenters. The van der Waals surface area contributed by atoms with Crippen LogP contribution in [0.5, 0.6) is 5.88 Å². The van der Waals surface area contributed by atoms with Crippen molar-refractivity contribution >= 4 is 11.6 Å². The summed E-state index contributed by atoms with van der Waals surface area (Å²) in [5.41, 5.74) is 0.568. The molecule has 4 nitrogen and oxygen atoms in total. The molecule has 0 N–H and O–H groups in total. The second-order valence-corrected chi connectivity index (χ2v) is 4.46. The maximum absolute atomic E-state index is 5.87. The van der Waals surface area contributed by atoms with E-state index in [1.807, 2.05) is 20.8 Å². The molecule has 0 unspecified atom stereocenters. The Hall–Kier alpha value is -0.870. The van der Waals surface area contributed by atoms with Crippen molar-refractivity contribution in [1.82, 2.24) is 10.2 Å². The van der Waals surface area contributed by atoms with Gasteiger partial charge in [0, 0.05) is 11.6 Å². The third-order valence-corrected chi connectivity index (χ3v) is 1.99. The number of aromatic nitrogens is 2. The van der Waals surface area contributed by atoms with Crippen molar-refractivity contribution < 1.29 is 9.47 Å². The standard InChI is InChI=1S/C10H15ClN2O2/c1-10(2,3)15-6-7-5-8(14-4)12-13-9(7)11/h5H,6H2,1-4H3. The molecule has 0 aliphatic rings. The second kappa shape index (κ2) is 4.77. The molecule has 0 fully saturated rings. The van der Waals surface area contributed by atoms with E-state index in [2.05, 4.69) is 10.2 Å². The van der Waals surface area contributed by atoms with E-state index in [0.29, 0.717) is 17.6 Å². The highest BCUT2D eigenvalue weighted by atomic mass is 35.5. The fourth-order valence-corrected chi connectivity index (χ4v) is 1.04. The first-order chi connectivity index (χ1) is 6.92. The van der Waals surface area contributed by atoms with Crippen molar-refractivity contribution in [2.45, 2.75) is 33.0 Å². The van der Waals surface area contributed by atoms with E-state index >= 15 is 0 Å². The van der Waals surface area contributed by atoms with E-state index in [1.165, 1.54) is 7.11 Å². The van der Waals surface area contributed by atoms with Crippen LogP contribution in [0.25, 0.3) is 0 Å². The zero-order chi connectivity index (χ0) is 11.5. The minimum Gasteiger partial charge on any atom is -0.480 e. The van der Waals surface area contributed by atoms with Crippen LogP contribution in [0.3, 0.4) is 0 Å². The summed E-state index contributed by atoms with van der Waals surface area (Å²) in [7, 11) is 1.53. The van der Waals surface area contributed by atoms with Gasteiger partial charge >= 0.3 is 0 Å². The van der Waals surface area contributed by atoms with Gasteiger partial charge in [-0.3, -0.25) is 0 Å². The second-order valence-electron chi connectivity index (χ2n) is 4.10. The highest BCUT2D eigenvalue weighted by Gasteiger charge is 2.13. The molecule has 0 aliphatic carbocycles. The van der Waals surface area contributed by atoms with Crippen LogP contribution >= 0.6 is 11.6 Å². The molecule has 15 heavy (non-hydrogen) atoms. The molecular formula is C10H15ClN2O2. The summed E-state index contributed by atoms with van der Waals surface area (Å²) in [6.45, 7) is 6.33. The number of rotatable bonds is 3. The van der Waals surface area contributed by atoms with E-state index in [-0.39, 0.29) is 5.60 Å². The zero-order valence-electron chi connectivity index (χ0n) is 9.37. The molecule has 0 saturated heterocycles. The number of ether oxygens (including phenoxy) is 2. The van der Waals surface area contributed by atoms with Gasteiger partial charge < -0.3 is 9.47 Å². The van der Waals surface area contributed by atoms with Gasteiger partial charge in [0.1, 0.15) is 0 Å². The van der Waals surface area contributed by atoms with Gasteiger partial charge in [0.05, 0.1) is 19.3 Å². The molecule has 84 valence electrons. The van der Waals surface area contributed by atoms with E-state index in [4.69, 9.17) is 21.1 Å². The summed E-state index contributed by atoms with van der Waals surface area (Å²) in [5.74, 6) is 0.437. The van der Waals surface area contributed by atoms with Crippen molar-refractivity contribution in [3.05, 3.63) is 16.8 Å². The molecule has 0 amide bonds. The lowest BCUT2D eigenvalue weighted by molar-refractivity contribution is -0.0151. The Morgan fingerprint density at radius 3 is 2.53 bits per heavy atom. The minimum atomic E-state index is -0.208. The van der Waals surface area contributed by atoms with Crippen molar-refractivity contribution in [1.29, 1.82) is 0 Å². The van der Waals surface area contributed by atoms with Gasteiger partial charge in [-0.25, -0.2) is 0 Å². The quantitative estimate of drug-likeness (QED) is 0.800. The number of halogens is 1. The van der Waals surface area contributed by atoms with Gasteiger partial charge in [-0.15, -0.1) is 10.2 Å². The Morgan fingerprint density at radius 1 is 1.33 bits per heavy atom. The van der Waals surface area contributed by atoms with Crippen LogP contribution in [0.15, 0.2) is 6.07 Å². The van der Waals surface area contributed by atoms with Crippen LogP contribution in [0.4, 0.5) is 0 Å². The summed E-state index contributed by atoms with van der Waals surface area (Å²) in [6.07, 6.45) is 0. The molecule has 5 heteroatoms. The third-order valence-electron chi connectivity index (χ3n) is 1.67. The largest absolute Gasteiger partial charge is 0.480 e. The zero-order valence-corrected chi connectivity index (χ0v) is 10.1. The van der Waals surface area contributed by atoms with E-state index in [9.17, 15) is 0 Å². The fraction of sp³-hybridized carbons (Fsp3) is 0.600. The SMILES string of the molecule is COc1cc(COC(C)(C)C)c(Cl)nn1. The van der Waals surface area contributed by atoms with E-state index in [0.717, 1.165) is 5.56 Å². The highest BCUT2D eigenvalue weighted by molar-refractivity contribution is 6.30. The molecule has 0 radical (unpaired) electrons. The molecular weight excluding hydrogens is 216 g/mol. The van der Waals surface area contributed by atoms with Crippen LogP contribution in [0.1, 0.15) is 26.3 Å². The van der Waals surface area contributed by atoms with Crippen molar-refractivity contribution in [2.75, 3.05) is 7.11 Å². The predicted molar refractivity (Wildman–Crippen MR) is 58.1 cm³/mol. The summed E-state index contributed by atoms with van der Waals surface area (Å²) < 4.78 is 10.5. The van der Waals surface area contributed by atoms with E-state index in [1.54, 1.807) is 6.07 Å². The average Bonchev–Trinajstić information content (AvgIpc) is 2.15. The predicted octanol–water partition coefficient (Wildman–Crippen LogP) is 2.45. The van der Waals surface area contributed by atoms with E-state index < -0.39 is 0 Å². The number of hydrogen-bond acceptors (Lipinski definition) is 4. The Labute approximate surface area is 94.6 Å². The van der Waals surface area contributed by atoms with Crippen LogP contribution in [0, 0.1) is 0 Å². The molecule has 1 aromatic rings. The molecule has 0 spiro atoms. The van der Waals surface area contributed by atoms with Crippen molar-refractivity contribution in [3.63, 3.8) is 0 Å². The first kappa shape index (κ1) is 12.2. The first-order valence-corrected chi connectivity index (χ1v) is 5.00. The summed E-state index contributed by atoms with van der Waals surface area (Å²) in [5, 5.41) is 7.85. The van der Waals surface area contributed by atoms with Gasteiger partial charge in [-0.1, -0.05) is 11.6 Å². The molecule has 0 saturated carbocycles. The van der Waals surface area contributed by atoms with Crippen LogP contribution < -0.4 is 4.74 Å². The van der Waals surface area contributed by atoms with Gasteiger partial charge in [0.25, 0.3) is 0 Å². The lowest BCUT2D eigenvalue weighted by atomic mass is 10.2. The average molecular weight is 231 g/mol. The number of hydrogen-bond donors (Lipinski definition) is 0. The van der Waals surface area contributed by atoms with Gasteiger partial charge in [-0.2, -0.15) is 0 Å². The molecule has 1 heterocycles. The summed E-state index contributed by atoms with van der Waals surface area (Å²) in [4.78, 5) is 0. The smallest absolute Gasteiger partial charge is 0.233 e. The monoisotopic (exact) mass is 230 g/mol. The van der Waals surface area contributed by atoms with Crippen LogP contribution in [-0.2, 0) is 11.3 Å². The molecule has 0 bridgehead atoms. The topological polar surface area (TPSA) is 44.2 Å². The van der Waals surface area contributed by atoms with Gasteiger partial charge in [0.15, 0.2) is 5.15 Å². The normalized spacial score (nSPS) is 11.5.